The molecular formula is C16H17N2+. The summed E-state index contributed by atoms with van der Waals surface area (Å²) in [7, 11) is 0. The highest BCUT2D eigenvalue weighted by atomic mass is 15.3. The third-order valence-electron chi connectivity index (χ3n) is 2.50. The second kappa shape index (κ2) is 6.40. The molecule has 0 saturated heterocycles. The Balaban J connectivity index is 1.96. The average Bonchev–Trinajstić information content (AvgIpc) is 2.45. The van der Waals surface area contributed by atoms with Crippen molar-refractivity contribution >= 4 is 17.5 Å². The van der Waals surface area contributed by atoms with Gasteiger partial charge < -0.3 is 0 Å². The monoisotopic (exact) mass is 237 g/mol. The van der Waals surface area contributed by atoms with Gasteiger partial charge in [-0.1, -0.05) is 48.5 Å². The lowest BCUT2D eigenvalue weighted by molar-refractivity contribution is -0.418. The molecule has 2 rings (SSSR count). The van der Waals surface area contributed by atoms with Gasteiger partial charge in [-0.05, 0) is 23.8 Å². The molecule has 0 amide bonds. The first-order valence-electron chi connectivity index (χ1n) is 5.98. The lowest BCUT2D eigenvalue weighted by Crippen LogP contribution is -2.76. The summed E-state index contributed by atoms with van der Waals surface area (Å²) in [4.78, 5) is 0. The number of benzene rings is 2. The minimum Gasteiger partial charge on any atom is -0.168 e. The van der Waals surface area contributed by atoms with Crippen LogP contribution in [0.1, 0.15) is 12.5 Å². The molecule has 0 aliphatic carbocycles. The van der Waals surface area contributed by atoms with Crippen molar-refractivity contribution in [1.29, 1.82) is 0 Å². The Labute approximate surface area is 108 Å². The highest BCUT2D eigenvalue weighted by Gasteiger charge is 1.93. The van der Waals surface area contributed by atoms with E-state index in [0.29, 0.717) is 0 Å². The molecule has 90 valence electrons. The van der Waals surface area contributed by atoms with E-state index in [1.807, 2.05) is 61.5 Å². The third-order valence-corrected chi connectivity index (χ3v) is 2.50. The first-order valence-corrected chi connectivity index (χ1v) is 5.98. The zero-order chi connectivity index (χ0) is 12.6. The van der Waals surface area contributed by atoms with Crippen LogP contribution >= 0.6 is 0 Å². The van der Waals surface area contributed by atoms with Crippen molar-refractivity contribution in [3.63, 3.8) is 0 Å². The molecule has 2 N–H and O–H groups in total. The summed E-state index contributed by atoms with van der Waals surface area (Å²) in [5.74, 6) is 0. The quantitative estimate of drug-likeness (QED) is 0.619. The van der Waals surface area contributed by atoms with Crippen LogP contribution in [0.25, 0.3) is 6.08 Å². The number of para-hydroxylation sites is 1. The number of hydrazone groups is 1. The van der Waals surface area contributed by atoms with Crippen LogP contribution < -0.4 is 10.5 Å². The van der Waals surface area contributed by atoms with Crippen LogP contribution in [0.5, 0.6) is 0 Å². The molecule has 0 saturated carbocycles. The van der Waals surface area contributed by atoms with Gasteiger partial charge in [0.25, 0.3) is 0 Å². The highest BCUT2D eigenvalue weighted by Crippen LogP contribution is 2.01. The summed E-state index contributed by atoms with van der Waals surface area (Å²) in [5.41, 5.74) is 6.44. The van der Waals surface area contributed by atoms with Crippen molar-refractivity contribution in [3.8, 4) is 0 Å². The maximum atomic E-state index is 3.15. The maximum Gasteiger partial charge on any atom is 0.200 e. The Kier molecular flexibility index (Phi) is 4.31. The molecule has 2 heteroatoms. The van der Waals surface area contributed by atoms with Gasteiger partial charge in [-0.3, -0.25) is 0 Å². The molecular weight excluding hydrogens is 220 g/mol. The molecule has 2 nitrogen and oxygen atoms in total. The number of hydrogen-bond acceptors (Lipinski definition) is 1. The van der Waals surface area contributed by atoms with Gasteiger partial charge in [-0.15, -0.1) is 5.10 Å². The van der Waals surface area contributed by atoms with Crippen molar-refractivity contribution < 1.29 is 5.10 Å². The van der Waals surface area contributed by atoms with Crippen molar-refractivity contribution in [2.75, 3.05) is 5.43 Å². The van der Waals surface area contributed by atoms with Crippen LogP contribution in [-0.2, 0) is 0 Å². The number of nitrogens with one attached hydrogen (secondary N) is 2. The molecule has 0 spiro atoms. The van der Waals surface area contributed by atoms with E-state index in [-0.39, 0.29) is 0 Å². The Morgan fingerprint density at radius 2 is 1.56 bits per heavy atom. The predicted molar refractivity (Wildman–Crippen MR) is 77.2 cm³/mol. The van der Waals surface area contributed by atoms with Crippen molar-refractivity contribution in [2.24, 2.45) is 0 Å². The van der Waals surface area contributed by atoms with Crippen molar-refractivity contribution in [1.82, 2.24) is 0 Å². The Bertz CT molecular complexity index is 528. The molecule has 0 aromatic heterocycles. The normalized spacial score (nSPS) is 11.7. The lowest BCUT2D eigenvalue weighted by Gasteiger charge is -1.94. The largest absolute Gasteiger partial charge is 0.200 e. The molecule has 0 unspecified atom stereocenters. The van der Waals surface area contributed by atoms with E-state index in [1.165, 1.54) is 5.56 Å². The molecule has 0 heterocycles. The van der Waals surface area contributed by atoms with E-state index in [4.69, 9.17) is 0 Å². The predicted octanol–water partition coefficient (Wildman–Crippen LogP) is 2.27. The fourth-order valence-electron chi connectivity index (χ4n) is 1.52. The zero-order valence-corrected chi connectivity index (χ0v) is 10.4. The summed E-state index contributed by atoms with van der Waals surface area (Å²) in [6.45, 7) is 2.02. The summed E-state index contributed by atoms with van der Waals surface area (Å²) in [6.07, 6.45) is 4.13. The SMILES string of the molecule is CC(/C=C/c1ccccc1)=[NH+]/Nc1ccccc1. The van der Waals surface area contributed by atoms with Gasteiger partial charge in [0.2, 0.25) is 0 Å². The van der Waals surface area contributed by atoms with E-state index >= 15 is 0 Å². The number of allylic oxidation sites excluding steroid dienone is 1. The zero-order valence-electron chi connectivity index (χ0n) is 10.4. The second-order valence-electron chi connectivity index (χ2n) is 4.04. The van der Waals surface area contributed by atoms with E-state index < -0.39 is 0 Å². The van der Waals surface area contributed by atoms with Crippen LogP contribution in [0, 0.1) is 0 Å². The first kappa shape index (κ1) is 12.1. The van der Waals surface area contributed by atoms with Gasteiger partial charge in [0, 0.05) is 13.0 Å². The fourth-order valence-corrected chi connectivity index (χ4v) is 1.52. The first-order chi connectivity index (χ1) is 8.84. The van der Waals surface area contributed by atoms with Crippen LogP contribution in [0.3, 0.4) is 0 Å². The standard InChI is InChI=1S/C16H16N2/c1-14(12-13-15-8-4-2-5-9-15)17-18-16-10-6-3-7-11-16/h2-13,18H,1H3/p+1/b13-12+,17-14-. The van der Waals surface area contributed by atoms with E-state index in [0.717, 1.165) is 11.4 Å². The smallest absolute Gasteiger partial charge is 0.168 e. The van der Waals surface area contributed by atoms with Gasteiger partial charge in [0.1, 0.15) is 0 Å². The molecule has 2 aromatic rings. The molecule has 0 atom stereocenters. The molecule has 0 fully saturated rings. The van der Waals surface area contributed by atoms with Crippen LogP contribution in [0.15, 0.2) is 66.7 Å². The minimum atomic E-state index is 1.05. The van der Waals surface area contributed by atoms with Crippen LogP contribution in [0.2, 0.25) is 0 Å². The number of rotatable bonds is 4. The molecule has 2 aromatic carbocycles. The van der Waals surface area contributed by atoms with Gasteiger partial charge in [0.15, 0.2) is 5.71 Å². The van der Waals surface area contributed by atoms with Gasteiger partial charge in [-0.25, -0.2) is 0 Å². The molecule has 0 radical (unpaired) electrons. The number of hydrazine groups is 1. The minimum absolute atomic E-state index is 1.05. The molecule has 0 bridgehead atoms. The van der Waals surface area contributed by atoms with Gasteiger partial charge in [0.05, 0.1) is 5.69 Å². The highest BCUT2D eigenvalue weighted by molar-refractivity contribution is 5.91. The number of hydrogen-bond donors (Lipinski definition) is 2. The molecule has 0 aliphatic heterocycles. The van der Waals surface area contributed by atoms with Gasteiger partial charge >= 0.3 is 0 Å². The fraction of sp³-hybridized carbons (Fsp3) is 0.0625. The summed E-state index contributed by atoms with van der Waals surface area (Å²) < 4.78 is 0. The second-order valence-corrected chi connectivity index (χ2v) is 4.04. The third kappa shape index (κ3) is 3.91. The van der Waals surface area contributed by atoms with Crippen LogP contribution in [-0.4, -0.2) is 5.71 Å². The summed E-state index contributed by atoms with van der Waals surface area (Å²) in [6, 6.07) is 20.3. The summed E-state index contributed by atoms with van der Waals surface area (Å²) in [5, 5.41) is 3.15. The van der Waals surface area contributed by atoms with Gasteiger partial charge in [-0.2, -0.15) is 5.43 Å². The van der Waals surface area contributed by atoms with Crippen LogP contribution in [0.4, 0.5) is 5.69 Å². The van der Waals surface area contributed by atoms with E-state index in [2.05, 4.69) is 28.7 Å². The van der Waals surface area contributed by atoms with Crippen molar-refractivity contribution in [3.05, 3.63) is 72.3 Å². The lowest BCUT2D eigenvalue weighted by atomic mass is 10.2. The Morgan fingerprint density at radius 3 is 2.22 bits per heavy atom. The molecule has 0 aliphatic rings. The van der Waals surface area contributed by atoms with Crippen molar-refractivity contribution in [2.45, 2.75) is 6.92 Å². The number of anilines is 1. The van der Waals surface area contributed by atoms with E-state index in [9.17, 15) is 0 Å². The average molecular weight is 237 g/mol. The van der Waals surface area contributed by atoms with E-state index in [1.54, 1.807) is 0 Å². The Morgan fingerprint density at radius 1 is 0.944 bits per heavy atom. The molecule has 18 heavy (non-hydrogen) atoms. The topological polar surface area (TPSA) is 26.0 Å². The maximum absolute atomic E-state index is 3.15. The summed E-state index contributed by atoms with van der Waals surface area (Å²) >= 11 is 0. The Hall–Kier alpha value is -2.35.